The van der Waals surface area contributed by atoms with Crippen molar-refractivity contribution in [3.8, 4) is 0 Å². The largest absolute Gasteiger partial charge is 0.385 e. The Morgan fingerprint density at radius 3 is 2.72 bits per heavy atom. The van der Waals surface area contributed by atoms with E-state index in [4.69, 9.17) is 0 Å². The van der Waals surface area contributed by atoms with E-state index in [-0.39, 0.29) is 34.3 Å². The Kier molecular flexibility index (Phi) is 4.78. The average molecular weight is 434 g/mol. The van der Waals surface area contributed by atoms with Gasteiger partial charge in [-0.25, -0.2) is 9.78 Å². The molecule has 0 spiro atoms. The second-order valence-electron chi connectivity index (χ2n) is 9.09. The van der Waals surface area contributed by atoms with E-state index in [0.717, 1.165) is 18.4 Å². The highest BCUT2D eigenvalue weighted by Crippen LogP contribution is 2.48. The van der Waals surface area contributed by atoms with Crippen molar-refractivity contribution in [1.29, 1.82) is 0 Å². The Morgan fingerprint density at radius 2 is 1.97 bits per heavy atom. The number of amides is 1. The predicted octanol–water partition coefficient (Wildman–Crippen LogP) is 1.69. The van der Waals surface area contributed by atoms with E-state index in [9.17, 15) is 19.5 Å². The van der Waals surface area contributed by atoms with E-state index in [1.165, 1.54) is 11.6 Å². The van der Waals surface area contributed by atoms with Crippen molar-refractivity contribution < 1.29 is 9.90 Å². The fraction of sp³-hybridized carbons (Fsp3) is 0.417. The zero-order valence-electron chi connectivity index (χ0n) is 18.2. The summed E-state index contributed by atoms with van der Waals surface area (Å²) in [4.78, 5) is 46.6. The maximum absolute atomic E-state index is 13.6. The summed E-state index contributed by atoms with van der Waals surface area (Å²) in [5.41, 5.74) is -0.280. The van der Waals surface area contributed by atoms with Gasteiger partial charge in [0.2, 0.25) is 0 Å². The van der Waals surface area contributed by atoms with Crippen molar-refractivity contribution in [2.24, 2.45) is 18.9 Å². The van der Waals surface area contributed by atoms with Gasteiger partial charge in [0.05, 0.1) is 16.6 Å². The molecule has 3 aromatic rings. The Labute approximate surface area is 184 Å². The van der Waals surface area contributed by atoms with Crippen molar-refractivity contribution in [3.63, 3.8) is 0 Å². The number of benzene rings is 1. The number of carbonyl (C=O) groups is 1. The van der Waals surface area contributed by atoms with Gasteiger partial charge in [-0.15, -0.1) is 0 Å². The summed E-state index contributed by atoms with van der Waals surface area (Å²) in [6.07, 6.45) is 2.52. The smallest absolute Gasteiger partial charge is 0.329 e. The quantitative estimate of drug-likeness (QED) is 0.638. The first-order valence-electron chi connectivity index (χ1n) is 11.0. The van der Waals surface area contributed by atoms with Crippen LogP contribution < -0.4 is 11.2 Å². The van der Waals surface area contributed by atoms with Crippen LogP contribution in [0.4, 0.5) is 0 Å². The lowest BCUT2D eigenvalue weighted by atomic mass is 9.67. The number of aromatic amines is 1. The number of hydrogen-bond donors (Lipinski definition) is 2. The second-order valence-corrected chi connectivity index (χ2v) is 9.09. The molecule has 1 saturated carbocycles. The van der Waals surface area contributed by atoms with Crippen molar-refractivity contribution in [2.75, 3.05) is 13.1 Å². The summed E-state index contributed by atoms with van der Waals surface area (Å²) in [5.74, 6) is -0.149. The summed E-state index contributed by atoms with van der Waals surface area (Å²) in [7, 11) is 1.52. The minimum absolute atomic E-state index is 0.0700. The van der Waals surface area contributed by atoms with E-state index < -0.39 is 16.9 Å². The van der Waals surface area contributed by atoms with Crippen molar-refractivity contribution in [1.82, 2.24) is 19.4 Å². The van der Waals surface area contributed by atoms with Crippen LogP contribution in [-0.4, -0.2) is 43.5 Å². The number of aliphatic hydroxyl groups is 1. The van der Waals surface area contributed by atoms with Crippen LogP contribution in [-0.2, 0) is 12.6 Å². The van der Waals surface area contributed by atoms with Gasteiger partial charge in [-0.05, 0) is 43.7 Å². The molecule has 0 radical (unpaired) electrons. The Bertz CT molecular complexity index is 1330. The number of carbonyl (C=O) groups excluding carboxylic acids is 1. The highest BCUT2D eigenvalue weighted by molar-refractivity contribution is 6.05. The van der Waals surface area contributed by atoms with E-state index in [2.05, 4.69) is 9.97 Å². The zero-order valence-corrected chi connectivity index (χ0v) is 18.2. The SMILES string of the molecule is Cc1cc(C(=O)N2C[C@H]3CCC[C@](O)(c4ccccc4)[C@H]3C2)c2c(=O)[nH]c(=O)n(C)c2n1. The first kappa shape index (κ1) is 20.6. The summed E-state index contributed by atoms with van der Waals surface area (Å²) in [5, 5.41) is 11.8. The molecule has 1 aliphatic carbocycles. The number of H-pyrrole nitrogens is 1. The van der Waals surface area contributed by atoms with Crippen molar-refractivity contribution in [2.45, 2.75) is 31.8 Å². The molecule has 3 atom stereocenters. The van der Waals surface area contributed by atoms with Gasteiger partial charge in [-0.3, -0.25) is 19.1 Å². The normalized spacial score (nSPS) is 25.2. The summed E-state index contributed by atoms with van der Waals surface area (Å²) >= 11 is 0. The third-order valence-corrected chi connectivity index (χ3v) is 7.18. The maximum atomic E-state index is 13.6. The average Bonchev–Trinajstić information content (AvgIpc) is 3.23. The lowest BCUT2D eigenvalue weighted by Gasteiger charge is -2.41. The maximum Gasteiger partial charge on any atom is 0.329 e. The molecule has 0 unspecified atom stereocenters. The van der Waals surface area contributed by atoms with E-state index >= 15 is 0 Å². The molecule has 3 heterocycles. The van der Waals surface area contributed by atoms with E-state index in [0.29, 0.717) is 25.2 Å². The number of rotatable bonds is 2. The number of aryl methyl sites for hydroxylation is 2. The summed E-state index contributed by atoms with van der Waals surface area (Å²) < 4.78 is 1.25. The number of hydrogen-bond acceptors (Lipinski definition) is 5. The van der Waals surface area contributed by atoms with Gasteiger partial charge in [0, 0.05) is 31.7 Å². The molecule has 2 aliphatic rings. The standard InChI is InChI=1S/C24H26N4O4/c1-14-11-17(19-20(25-14)27(2)23(31)26-21(19)29)22(30)28-12-15-7-6-10-24(32,18(15)13-28)16-8-4-3-5-9-16/h3-5,8-9,11,15,18,32H,6-7,10,12-13H2,1-2H3,(H,26,29,31)/t15-,18+,24+/m1/s1. The number of aromatic nitrogens is 3. The molecule has 1 amide bonds. The fourth-order valence-corrected chi connectivity index (χ4v) is 5.58. The number of nitrogens with zero attached hydrogens (tertiary/aromatic N) is 3. The van der Waals surface area contributed by atoms with Crippen LogP contribution >= 0.6 is 0 Å². The molecular formula is C24H26N4O4. The zero-order chi connectivity index (χ0) is 22.6. The summed E-state index contributed by atoms with van der Waals surface area (Å²) in [6.45, 7) is 2.69. The molecule has 1 saturated heterocycles. The fourth-order valence-electron chi connectivity index (χ4n) is 5.58. The Morgan fingerprint density at radius 1 is 1.22 bits per heavy atom. The molecule has 2 aromatic heterocycles. The van der Waals surface area contributed by atoms with Crippen molar-refractivity contribution in [3.05, 3.63) is 74.1 Å². The molecule has 1 aliphatic heterocycles. The lowest BCUT2D eigenvalue weighted by molar-refractivity contribution is -0.0644. The molecular weight excluding hydrogens is 408 g/mol. The topological polar surface area (TPSA) is 108 Å². The predicted molar refractivity (Wildman–Crippen MR) is 119 cm³/mol. The molecule has 1 aromatic carbocycles. The highest BCUT2D eigenvalue weighted by atomic mass is 16.3. The van der Waals surface area contributed by atoms with Crippen LogP contribution in [0.2, 0.25) is 0 Å². The van der Waals surface area contributed by atoms with Crippen LogP contribution in [0.25, 0.3) is 11.0 Å². The minimum atomic E-state index is -0.975. The molecule has 2 N–H and O–H groups in total. The summed E-state index contributed by atoms with van der Waals surface area (Å²) in [6, 6.07) is 11.3. The van der Waals surface area contributed by atoms with E-state index in [1.807, 2.05) is 30.3 Å². The number of fused-ring (bicyclic) bond motifs is 2. The Balaban J connectivity index is 1.55. The third kappa shape index (κ3) is 3.09. The Hall–Kier alpha value is -3.26. The monoisotopic (exact) mass is 434 g/mol. The van der Waals surface area contributed by atoms with Gasteiger partial charge >= 0.3 is 5.69 Å². The third-order valence-electron chi connectivity index (χ3n) is 7.18. The van der Waals surface area contributed by atoms with Gasteiger partial charge < -0.3 is 10.0 Å². The molecule has 8 heteroatoms. The van der Waals surface area contributed by atoms with Gasteiger partial charge in [-0.2, -0.15) is 0 Å². The number of nitrogens with one attached hydrogen (secondary N) is 1. The van der Waals surface area contributed by atoms with Crippen LogP contribution in [0.1, 0.15) is 40.9 Å². The molecule has 166 valence electrons. The van der Waals surface area contributed by atoms with Crippen LogP contribution in [0, 0.1) is 18.8 Å². The molecule has 5 rings (SSSR count). The van der Waals surface area contributed by atoms with Gasteiger partial charge in [0.15, 0.2) is 0 Å². The molecule has 2 fully saturated rings. The van der Waals surface area contributed by atoms with Crippen molar-refractivity contribution >= 4 is 16.9 Å². The van der Waals surface area contributed by atoms with Gasteiger partial charge in [0.1, 0.15) is 5.65 Å². The van der Waals surface area contributed by atoms with E-state index in [1.54, 1.807) is 17.9 Å². The van der Waals surface area contributed by atoms with Gasteiger partial charge in [-0.1, -0.05) is 30.3 Å². The van der Waals surface area contributed by atoms with Crippen LogP contribution in [0.5, 0.6) is 0 Å². The second kappa shape index (κ2) is 7.41. The lowest BCUT2D eigenvalue weighted by Crippen LogP contribution is -2.43. The van der Waals surface area contributed by atoms with Crippen LogP contribution in [0.15, 0.2) is 46.0 Å². The van der Waals surface area contributed by atoms with Gasteiger partial charge in [0.25, 0.3) is 11.5 Å². The first-order valence-corrected chi connectivity index (χ1v) is 11.0. The number of pyridine rings is 1. The number of likely N-dealkylation sites (tertiary alicyclic amines) is 1. The molecule has 8 nitrogen and oxygen atoms in total. The molecule has 32 heavy (non-hydrogen) atoms. The minimum Gasteiger partial charge on any atom is -0.385 e. The molecule has 0 bridgehead atoms. The van der Waals surface area contributed by atoms with Crippen LogP contribution in [0.3, 0.4) is 0 Å². The first-order chi connectivity index (χ1) is 15.3. The highest BCUT2D eigenvalue weighted by Gasteiger charge is 2.50.